The molecule has 4 nitrogen and oxygen atoms in total. The maximum atomic E-state index is 13.0. The van der Waals surface area contributed by atoms with Crippen LogP contribution in [0.1, 0.15) is 41.3 Å². The van der Waals surface area contributed by atoms with Crippen LogP contribution < -0.4 is 0 Å². The number of rotatable bonds is 4. The third kappa shape index (κ3) is 2.68. The molecule has 0 saturated carbocycles. The third-order valence-corrected chi connectivity index (χ3v) is 4.86. The summed E-state index contributed by atoms with van der Waals surface area (Å²) in [5.41, 5.74) is 1.45. The predicted octanol–water partition coefficient (Wildman–Crippen LogP) is 3.33. The van der Waals surface area contributed by atoms with E-state index in [1.54, 1.807) is 29.2 Å². The van der Waals surface area contributed by atoms with E-state index in [1.807, 2.05) is 44.2 Å². The number of benzene rings is 2. The van der Waals surface area contributed by atoms with Crippen molar-refractivity contribution in [3.8, 4) is 0 Å². The standard InChI is InChI=1S/C20H21NO3/c1-20(2)17(19(23)24)15-10-6-7-11-16(15)18(22)21(20)13-12-14-8-4-3-5-9-14/h3-11,17H,12-13H2,1-2H3,(H,23,24). The molecule has 0 bridgehead atoms. The summed E-state index contributed by atoms with van der Waals surface area (Å²) in [5, 5.41) is 9.77. The molecule has 24 heavy (non-hydrogen) atoms. The highest BCUT2D eigenvalue weighted by atomic mass is 16.4. The van der Waals surface area contributed by atoms with Crippen LogP contribution >= 0.6 is 0 Å². The molecule has 0 radical (unpaired) electrons. The second-order valence-corrected chi connectivity index (χ2v) is 6.70. The summed E-state index contributed by atoms with van der Waals surface area (Å²) in [6, 6.07) is 17.0. The Bertz CT molecular complexity index is 767. The largest absolute Gasteiger partial charge is 0.481 e. The van der Waals surface area contributed by atoms with Crippen molar-refractivity contribution in [2.45, 2.75) is 31.7 Å². The molecule has 1 N–H and O–H groups in total. The Morgan fingerprint density at radius 3 is 2.38 bits per heavy atom. The fourth-order valence-corrected chi connectivity index (χ4v) is 3.60. The molecular formula is C20H21NO3. The van der Waals surface area contributed by atoms with Gasteiger partial charge in [-0.15, -0.1) is 0 Å². The number of carbonyl (C=O) groups excluding carboxylic acids is 1. The lowest BCUT2D eigenvalue weighted by molar-refractivity contribution is -0.142. The number of hydrogen-bond donors (Lipinski definition) is 1. The van der Waals surface area contributed by atoms with E-state index in [1.165, 1.54) is 0 Å². The molecule has 0 aromatic heterocycles. The van der Waals surface area contributed by atoms with Gasteiger partial charge in [-0.05, 0) is 37.5 Å². The first kappa shape index (κ1) is 16.2. The zero-order chi connectivity index (χ0) is 17.3. The third-order valence-electron chi connectivity index (χ3n) is 4.86. The summed E-state index contributed by atoms with van der Waals surface area (Å²) >= 11 is 0. The summed E-state index contributed by atoms with van der Waals surface area (Å²) in [6.07, 6.45) is 0.699. The number of carboxylic acids is 1. The Labute approximate surface area is 141 Å². The lowest BCUT2D eigenvalue weighted by Gasteiger charge is -2.47. The van der Waals surface area contributed by atoms with Gasteiger partial charge in [-0.2, -0.15) is 0 Å². The fourth-order valence-electron chi connectivity index (χ4n) is 3.60. The van der Waals surface area contributed by atoms with E-state index >= 15 is 0 Å². The maximum Gasteiger partial charge on any atom is 0.313 e. The number of aliphatic carboxylic acids is 1. The zero-order valence-corrected chi connectivity index (χ0v) is 13.9. The van der Waals surface area contributed by atoms with Crippen LogP contribution in [0.2, 0.25) is 0 Å². The lowest BCUT2D eigenvalue weighted by Crippen LogP contribution is -2.57. The molecular weight excluding hydrogens is 302 g/mol. The first-order valence-corrected chi connectivity index (χ1v) is 8.10. The van der Waals surface area contributed by atoms with Crippen molar-refractivity contribution >= 4 is 11.9 Å². The monoisotopic (exact) mass is 323 g/mol. The lowest BCUT2D eigenvalue weighted by atomic mass is 9.75. The number of fused-ring (bicyclic) bond motifs is 1. The molecule has 1 aliphatic rings. The molecule has 1 amide bonds. The van der Waals surface area contributed by atoms with Crippen LogP contribution in [0.25, 0.3) is 0 Å². The van der Waals surface area contributed by atoms with E-state index < -0.39 is 17.4 Å². The Balaban J connectivity index is 1.97. The molecule has 0 aliphatic carbocycles. The number of carboxylic acid groups (broad SMARTS) is 1. The SMILES string of the molecule is CC1(C)C(C(=O)O)c2ccccc2C(=O)N1CCc1ccccc1. The van der Waals surface area contributed by atoms with E-state index in [2.05, 4.69) is 0 Å². The number of nitrogens with zero attached hydrogens (tertiary/aromatic N) is 1. The molecule has 3 rings (SSSR count). The normalized spacial score (nSPS) is 19.0. The summed E-state index contributed by atoms with van der Waals surface area (Å²) in [7, 11) is 0. The average Bonchev–Trinajstić information content (AvgIpc) is 2.55. The predicted molar refractivity (Wildman–Crippen MR) is 92.1 cm³/mol. The van der Waals surface area contributed by atoms with Gasteiger partial charge in [-0.3, -0.25) is 9.59 Å². The highest BCUT2D eigenvalue weighted by molar-refractivity contribution is 6.00. The smallest absolute Gasteiger partial charge is 0.313 e. The zero-order valence-electron chi connectivity index (χ0n) is 13.9. The summed E-state index contributed by atoms with van der Waals surface area (Å²) in [4.78, 5) is 26.6. The summed E-state index contributed by atoms with van der Waals surface area (Å²) in [6.45, 7) is 4.17. The van der Waals surface area contributed by atoms with Gasteiger partial charge >= 0.3 is 5.97 Å². The van der Waals surface area contributed by atoms with Crippen LogP contribution in [0.5, 0.6) is 0 Å². The van der Waals surface area contributed by atoms with Crippen LogP contribution in [0.15, 0.2) is 54.6 Å². The molecule has 1 atom stereocenters. The number of carbonyl (C=O) groups is 2. The van der Waals surface area contributed by atoms with Gasteiger partial charge in [0.25, 0.3) is 5.91 Å². The minimum absolute atomic E-state index is 0.0935. The number of amides is 1. The van der Waals surface area contributed by atoms with Crippen molar-refractivity contribution in [2.75, 3.05) is 6.54 Å². The molecule has 0 fully saturated rings. The second-order valence-electron chi connectivity index (χ2n) is 6.70. The van der Waals surface area contributed by atoms with Crippen molar-refractivity contribution in [3.05, 3.63) is 71.3 Å². The molecule has 4 heteroatoms. The first-order valence-electron chi connectivity index (χ1n) is 8.10. The van der Waals surface area contributed by atoms with Crippen LogP contribution in [-0.2, 0) is 11.2 Å². The average molecular weight is 323 g/mol. The highest BCUT2D eigenvalue weighted by Crippen LogP contribution is 2.40. The first-order chi connectivity index (χ1) is 11.4. The van der Waals surface area contributed by atoms with Gasteiger partial charge in [0.05, 0.1) is 5.54 Å². The molecule has 124 valence electrons. The van der Waals surface area contributed by atoms with Gasteiger partial charge < -0.3 is 10.0 Å². The van der Waals surface area contributed by atoms with E-state index in [0.717, 1.165) is 5.56 Å². The van der Waals surface area contributed by atoms with Crippen LogP contribution in [0.3, 0.4) is 0 Å². The van der Waals surface area contributed by atoms with Crippen LogP contribution in [0.4, 0.5) is 0 Å². The maximum absolute atomic E-state index is 13.0. The minimum Gasteiger partial charge on any atom is -0.481 e. The van der Waals surface area contributed by atoms with Crippen molar-refractivity contribution in [1.82, 2.24) is 4.90 Å². The molecule has 0 spiro atoms. The molecule has 1 aliphatic heterocycles. The van der Waals surface area contributed by atoms with Crippen LogP contribution in [0, 0.1) is 0 Å². The highest BCUT2D eigenvalue weighted by Gasteiger charge is 2.48. The van der Waals surface area contributed by atoms with Gasteiger partial charge in [-0.25, -0.2) is 0 Å². The van der Waals surface area contributed by atoms with Crippen LogP contribution in [-0.4, -0.2) is 34.0 Å². The van der Waals surface area contributed by atoms with Crippen molar-refractivity contribution in [2.24, 2.45) is 0 Å². The minimum atomic E-state index is -0.898. The van der Waals surface area contributed by atoms with Gasteiger partial charge in [0, 0.05) is 12.1 Å². The van der Waals surface area contributed by atoms with E-state index in [0.29, 0.717) is 24.1 Å². The van der Waals surface area contributed by atoms with E-state index in [4.69, 9.17) is 0 Å². The van der Waals surface area contributed by atoms with Crippen molar-refractivity contribution in [1.29, 1.82) is 0 Å². The molecule has 1 heterocycles. The van der Waals surface area contributed by atoms with Gasteiger partial charge in [-0.1, -0.05) is 48.5 Å². The molecule has 1 unspecified atom stereocenters. The topological polar surface area (TPSA) is 57.6 Å². The van der Waals surface area contributed by atoms with Crippen molar-refractivity contribution < 1.29 is 14.7 Å². The van der Waals surface area contributed by atoms with Gasteiger partial charge in [0.1, 0.15) is 5.92 Å². The Morgan fingerprint density at radius 1 is 1.08 bits per heavy atom. The summed E-state index contributed by atoms with van der Waals surface area (Å²) < 4.78 is 0. The Kier molecular flexibility index (Phi) is 4.14. The molecule has 0 saturated heterocycles. The van der Waals surface area contributed by atoms with Crippen molar-refractivity contribution in [3.63, 3.8) is 0 Å². The Morgan fingerprint density at radius 2 is 1.71 bits per heavy atom. The van der Waals surface area contributed by atoms with E-state index in [-0.39, 0.29) is 5.91 Å². The van der Waals surface area contributed by atoms with E-state index in [9.17, 15) is 14.7 Å². The quantitative estimate of drug-likeness (QED) is 0.939. The summed E-state index contributed by atoms with van der Waals surface area (Å²) in [5.74, 6) is -1.73. The molecule has 2 aromatic rings. The fraction of sp³-hybridized carbons (Fsp3) is 0.300. The number of hydrogen-bond acceptors (Lipinski definition) is 2. The Hall–Kier alpha value is -2.62. The molecule has 2 aromatic carbocycles. The van der Waals surface area contributed by atoms with Gasteiger partial charge in [0.2, 0.25) is 0 Å². The van der Waals surface area contributed by atoms with Gasteiger partial charge in [0.15, 0.2) is 0 Å². The second kappa shape index (κ2) is 6.11.